The molecule has 0 spiro atoms. The molecule has 509 valence electrons. The van der Waals surface area contributed by atoms with E-state index in [1.807, 2.05) is 12.3 Å². The molecule has 0 aliphatic heterocycles. The van der Waals surface area contributed by atoms with Gasteiger partial charge in [0.2, 0.25) is 0 Å². The van der Waals surface area contributed by atoms with Crippen LogP contribution in [0.15, 0.2) is 146 Å². The fourth-order valence-electron chi connectivity index (χ4n) is 11.0. The van der Waals surface area contributed by atoms with Crippen LogP contribution in [-0.4, -0.2) is 17.2 Å². The Morgan fingerprint density at radius 1 is 0.362 bits per heavy atom. The van der Waals surface area contributed by atoms with Gasteiger partial charge in [0.1, 0.15) is 6.15 Å². The van der Waals surface area contributed by atoms with E-state index in [-0.39, 0.29) is 26.2 Å². The van der Waals surface area contributed by atoms with Gasteiger partial charge in [-0.15, -0.1) is 0 Å². The van der Waals surface area contributed by atoms with Crippen LogP contribution in [0.2, 0.25) is 0 Å². The Morgan fingerprint density at radius 2 is 0.628 bits per heavy atom. The molecular weight excluding hydrogens is 1500 g/mol. The van der Waals surface area contributed by atoms with Gasteiger partial charge in [-0.2, -0.15) is 127 Å². The molecule has 0 N–H and O–H groups in total. The maximum absolute atomic E-state index is 14.2. The maximum atomic E-state index is 14.2. The fourth-order valence-corrected chi connectivity index (χ4v) is 13.3. The van der Waals surface area contributed by atoms with Crippen LogP contribution in [0, 0.1) is 39.5 Å². The number of benzene rings is 6. The summed E-state index contributed by atoms with van der Waals surface area (Å²) >= 11 is 0. The smallest absolute Gasteiger partial charge is 0.346 e. The monoisotopic (exact) mass is 1550 g/mol. The summed E-state index contributed by atoms with van der Waals surface area (Å²) in [6, 6.07) is 14.8. The van der Waals surface area contributed by atoms with Gasteiger partial charge in [-0.05, 0) is 126 Å². The standard InChI is InChI=1S/C32H12BF24.C25H28NOP.C8H12.Ir/c34-25(35,36)13-1-14(26(37,38)39)6-21(5-13)33(22-7-15(27(40,41)42)2-16(8-22)28(43,44)45,23-9-17(29(46,47)48)3-18(10-23)30(49,50)51)24-11-19(31(52,53)54)4-20(12-24)32(55,56)57;1-19-11-3-7-16-24(19)28(25-17-8-4-12-20(25)2)27-23-15-6-5-13-21(23)22-14-9-10-18-26-22;1-2-4-6-8-7-5-3-1;/h1-12H;3-4,7-12,14,16-18,21,23H,5-6,13,15H2,1-2H3;1-2,7-8H,3-6H2;/q-1;;;/t;21-,23-;;/m.0../s1. The Balaban J connectivity index is 0.000000309. The molecule has 0 amide bonds. The summed E-state index contributed by atoms with van der Waals surface area (Å²) in [5.74, 6) is 0.382. The third kappa shape index (κ3) is 19.3. The molecule has 2 nitrogen and oxygen atoms in total. The number of aromatic nitrogens is 1. The van der Waals surface area contributed by atoms with E-state index < -0.39 is 203 Å². The number of aryl methyl sites for hydroxylation is 2. The minimum Gasteiger partial charge on any atom is -0.346 e. The number of alkyl halides is 24. The van der Waals surface area contributed by atoms with Gasteiger partial charge in [-0.1, -0.05) is 116 Å². The van der Waals surface area contributed by atoms with Crippen LogP contribution in [0.25, 0.3) is 0 Å². The van der Waals surface area contributed by atoms with Crippen molar-refractivity contribution in [2.24, 2.45) is 0 Å². The predicted octanol–water partition coefficient (Wildman–Crippen LogP) is 19.4. The van der Waals surface area contributed by atoms with Crippen LogP contribution >= 0.6 is 8.15 Å². The summed E-state index contributed by atoms with van der Waals surface area (Å²) in [5, 5.41) is 2.66. The topological polar surface area (TPSA) is 22.1 Å². The van der Waals surface area contributed by atoms with Crippen LogP contribution in [0.4, 0.5) is 105 Å². The Labute approximate surface area is 539 Å². The number of rotatable bonds is 9. The van der Waals surface area contributed by atoms with E-state index in [1.54, 1.807) is 0 Å². The second-order valence-electron chi connectivity index (χ2n) is 22.0. The van der Waals surface area contributed by atoms with E-state index >= 15 is 0 Å². The van der Waals surface area contributed by atoms with Crippen LogP contribution < -0.4 is 32.5 Å². The molecule has 7 aromatic rings. The Kier molecular flexibility index (Phi) is 24.6. The first-order chi connectivity index (χ1) is 43.0. The average Bonchev–Trinajstić information content (AvgIpc) is 0.709. The van der Waals surface area contributed by atoms with Gasteiger partial charge in [-0.3, -0.25) is 4.98 Å². The van der Waals surface area contributed by atoms with Gasteiger partial charge < -0.3 is 4.52 Å². The first-order valence-electron chi connectivity index (χ1n) is 28.1. The van der Waals surface area contributed by atoms with E-state index in [1.165, 1.54) is 66.0 Å². The molecule has 94 heavy (non-hydrogen) atoms. The molecule has 5 radical (unpaired) electrons. The van der Waals surface area contributed by atoms with E-state index in [0.29, 0.717) is 5.92 Å². The van der Waals surface area contributed by atoms with Gasteiger partial charge in [-0.25, -0.2) is 0 Å². The number of halogens is 24. The molecule has 2 aliphatic rings. The molecule has 1 heterocycles. The molecule has 9 rings (SSSR count). The first kappa shape index (κ1) is 76.9. The van der Waals surface area contributed by atoms with Crippen molar-refractivity contribution >= 4 is 46.8 Å². The number of hydrogen-bond donors (Lipinski definition) is 0. The quantitative estimate of drug-likeness (QED) is 0.0816. The van der Waals surface area contributed by atoms with Crippen LogP contribution in [0.1, 0.15) is 119 Å². The van der Waals surface area contributed by atoms with Crippen LogP contribution in [-0.2, 0) is 74.0 Å². The number of hydrogen-bond acceptors (Lipinski definition) is 2. The minimum absolute atomic E-state index is 0. The van der Waals surface area contributed by atoms with Crippen LogP contribution in [0.5, 0.6) is 0 Å². The van der Waals surface area contributed by atoms with Gasteiger partial charge in [0, 0.05) is 48.5 Å². The number of nitrogens with zero attached hydrogens (tertiary/aromatic N) is 1. The summed E-state index contributed by atoms with van der Waals surface area (Å²) < 4.78 is 348. The summed E-state index contributed by atoms with van der Waals surface area (Å²) in [4.78, 5) is 4.67. The summed E-state index contributed by atoms with van der Waals surface area (Å²) in [7, 11) is -0.860. The van der Waals surface area contributed by atoms with Crippen LogP contribution in [0.3, 0.4) is 0 Å². The molecule has 2 fully saturated rings. The van der Waals surface area contributed by atoms with Crippen molar-refractivity contribution in [1.29, 1.82) is 0 Å². The van der Waals surface area contributed by atoms with Gasteiger partial charge in [0.15, 0.2) is 0 Å². The van der Waals surface area contributed by atoms with Crippen molar-refractivity contribution in [1.82, 2.24) is 4.98 Å². The molecule has 1 aromatic heterocycles. The van der Waals surface area contributed by atoms with E-state index in [2.05, 4.69) is 105 Å². The second kappa shape index (κ2) is 30.1. The molecule has 0 saturated heterocycles. The second-order valence-corrected chi connectivity index (χ2v) is 23.7. The first-order valence-corrected chi connectivity index (χ1v) is 29.4. The minimum atomic E-state index is -6.13. The van der Waals surface area contributed by atoms with Crippen molar-refractivity contribution in [2.75, 3.05) is 0 Å². The molecular formula is C65H52BF24IrNOP-. The molecule has 2 aliphatic carbocycles. The molecule has 0 unspecified atom stereocenters. The largest absolute Gasteiger partial charge is 0.416 e. The summed E-state index contributed by atoms with van der Waals surface area (Å²) in [6.45, 7) is 4.40. The Bertz CT molecular complexity index is 3140. The molecule has 2 saturated carbocycles. The Hall–Kier alpha value is -6.11. The van der Waals surface area contributed by atoms with E-state index in [9.17, 15) is 105 Å². The number of pyridine rings is 1. The van der Waals surface area contributed by atoms with Crippen molar-refractivity contribution in [3.05, 3.63) is 233 Å². The molecule has 0 bridgehead atoms. The zero-order chi connectivity index (χ0) is 68.9. The molecule has 2 atom stereocenters. The van der Waals surface area contributed by atoms with Gasteiger partial charge >= 0.3 is 49.4 Å². The average molecular weight is 1550 g/mol. The predicted molar refractivity (Wildman–Crippen MR) is 305 cm³/mol. The third-order valence-corrected chi connectivity index (χ3v) is 17.8. The van der Waals surface area contributed by atoms with Gasteiger partial charge in [0.25, 0.3) is 0 Å². The van der Waals surface area contributed by atoms with Crippen molar-refractivity contribution in [3.8, 4) is 0 Å². The molecule has 6 aromatic carbocycles. The van der Waals surface area contributed by atoms with Crippen molar-refractivity contribution in [2.45, 2.75) is 127 Å². The summed E-state index contributed by atoms with van der Waals surface area (Å²) in [5.41, 5.74) is -26.4. The SMILES string of the molecule is Cc1ccccc1P(O[C@H]1CCCC[C@H]1c1ccccn1)c1ccccc1C.FC(F)(F)c1cc([B-](c2cc(C(F)(F)F)cc(C(F)(F)F)c2)(c2cc(C(F)(F)F)cc(C(F)(F)F)c2)c2cc(C(F)(F)F)cc(C(F)(F)F)c2)cc(C(F)(F)F)c1.[CH]1[CH]CC[CH][CH]CC1.[Ir]. The van der Waals surface area contributed by atoms with E-state index in [0.717, 1.165) is 12.8 Å². The fraction of sp³-hybridized carbons (Fsp3) is 0.308. The summed E-state index contributed by atoms with van der Waals surface area (Å²) in [6.07, 6.45) is -33.9. The zero-order valence-electron chi connectivity index (χ0n) is 48.8. The Morgan fingerprint density at radius 3 is 0.883 bits per heavy atom. The van der Waals surface area contributed by atoms with Crippen molar-refractivity contribution in [3.63, 3.8) is 0 Å². The van der Waals surface area contributed by atoms with Crippen molar-refractivity contribution < 1.29 is 130 Å². The molecule has 29 heteroatoms. The normalized spacial score (nSPS) is 16.6. The maximum Gasteiger partial charge on any atom is 0.416 e. The van der Waals surface area contributed by atoms with Gasteiger partial charge in [0.05, 0.1) is 58.8 Å². The van der Waals surface area contributed by atoms with E-state index in [4.69, 9.17) is 4.52 Å². The zero-order valence-corrected chi connectivity index (χ0v) is 52.1. The third-order valence-electron chi connectivity index (χ3n) is 15.5.